The van der Waals surface area contributed by atoms with Gasteiger partial charge in [-0.25, -0.2) is 0 Å². The Morgan fingerprint density at radius 1 is 1.37 bits per heavy atom. The minimum absolute atomic E-state index is 0.0476. The van der Waals surface area contributed by atoms with Gasteiger partial charge >= 0.3 is 0 Å². The van der Waals surface area contributed by atoms with E-state index in [1.165, 1.54) is 0 Å². The third-order valence-electron chi connectivity index (χ3n) is 3.20. The molecule has 3 nitrogen and oxygen atoms in total. The van der Waals surface area contributed by atoms with Crippen molar-refractivity contribution in [3.8, 4) is 0 Å². The summed E-state index contributed by atoms with van der Waals surface area (Å²) in [7, 11) is 0. The van der Waals surface area contributed by atoms with Gasteiger partial charge in [0.1, 0.15) is 0 Å². The van der Waals surface area contributed by atoms with E-state index in [4.69, 9.17) is 21.1 Å². The van der Waals surface area contributed by atoms with E-state index in [1.54, 1.807) is 0 Å². The largest absolute Gasteiger partial charge is 0.379 e. The van der Waals surface area contributed by atoms with Gasteiger partial charge in [0.15, 0.2) is 0 Å². The Hall–Kier alpha value is -0.610. The Labute approximate surface area is 120 Å². The van der Waals surface area contributed by atoms with E-state index in [-0.39, 0.29) is 12.2 Å². The topological polar surface area (TPSA) is 30.5 Å². The van der Waals surface area contributed by atoms with E-state index in [2.05, 4.69) is 19.2 Å². The van der Waals surface area contributed by atoms with Gasteiger partial charge in [-0.05, 0) is 24.1 Å². The van der Waals surface area contributed by atoms with Gasteiger partial charge in [0.25, 0.3) is 0 Å². The summed E-state index contributed by atoms with van der Waals surface area (Å²) in [6.45, 7) is 6.58. The molecular formula is C15H22ClNO2. The first-order chi connectivity index (χ1) is 9.15. The fraction of sp³-hybridized carbons (Fsp3) is 0.600. The molecule has 0 spiro atoms. The number of hydrogen-bond acceptors (Lipinski definition) is 3. The highest BCUT2D eigenvalue weighted by atomic mass is 35.5. The smallest absolute Gasteiger partial charge is 0.0954 e. The van der Waals surface area contributed by atoms with Crippen molar-refractivity contribution >= 4 is 11.6 Å². The van der Waals surface area contributed by atoms with Crippen LogP contribution in [0.25, 0.3) is 0 Å². The second-order valence-electron chi connectivity index (χ2n) is 5.22. The highest BCUT2D eigenvalue weighted by Crippen LogP contribution is 2.23. The maximum absolute atomic E-state index is 6.16. The number of nitrogens with one attached hydrogen (secondary N) is 1. The van der Waals surface area contributed by atoms with Crippen molar-refractivity contribution in [2.75, 3.05) is 19.8 Å². The molecule has 0 aromatic heterocycles. The van der Waals surface area contributed by atoms with Crippen LogP contribution in [0.2, 0.25) is 5.02 Å². The molecule has 19 heavy (non-hydrogen) atoms. The fourth-order valence-corrected chi connectivity index (χ4v) is 2.24. The van der Waals surface area contributed by atoms with Crippen LogP contribution in [0.3, 0.4) is 0 Å². The predicted molar refractivity (Wildman–Crippen MR) is 77.6 cm³/mol. The van der Waals surface area contributed by atoms with Crippen LogP contribution < -0.4 is 5.32 Å². The summed E-state index contributed by atoms with van der Waals surface area (Å²) in [5, 5.41) is 4.19. The molecule has 1 aromatic carbocycles. The van der Waals surface area contributed by atoms with Gasteiger partial charge < -0.3 is 14.8 Å². The molecule has 1 fully saturated rings. The van der Waals surface area contributed by atoms with E-state index in [0.717, 1.165) is 30.2 Å². The lowest BCUT2D eigenvalue weighted by Crippen LogP contribution is -2.31. The Morgan fingerprint density at radius 3 is 2.68 bits per heavy atom. The van der Waals surface area contributed by atoms with Gasteiger partial charge in [0.05, 0.1) is 18.8 Å². The molecule has 1 heterocycles. The first-order valence-corrected chi connectivity index (χ1v) is 7.25. The molecule has 0 amide bonds. The van der Waals surface area contributed by atoms with E-state index in [0.29, 0.717) is 12.6 Å². The van der Waals surface area contributed by atoms with Crippen LogP contribution in [0.15, 0.2) is 24.3 Å². The monoisotopic (exact) mass is 283 g/mol. The van der Waals surface area contributed by atoms with Gasteiger partial charge in [0.2, 0.25) is 0 Å². The van der Waals surface area contributed by atoms with Crippen molar-refractivity contribution < 1.29 is 9.47 Å². The molecule has 1 aromatic rings. The summed E-state index contributed by atoms with van der Waals surface area (Å²) < 4.78 is 11.5. The minimum atomic E-state index is 0.0476. The lowest BCUT2D eigenvalue weighted by Gasteiger charge is -2.23. The quantitative estimate of drug-likeness (QED) is 0.870. The van der Waals surface area contributed by atoms with Crippen LogP contribution in [0.4, 0.5) is 0 Å². The Kier molecular flexibility index (Phi) is 5.64. The lowest BCUT2D eigenvalue weighted by atomic mass is 10.1. The summed E-state index contributed by atoms with van der Waals surface area (Å²) >= 11 is 5.94. The molecule has 2 unspecified atom stereocenters. The second kappa shape index (κ2) is 7.25. The van der Waals surface area contributed by atoms with Crippen LogP contribution >= 0.6 is 11.6 Å². The standard InChI is InChI=1S/C15H22ClNO2/c1-11(2)17-9-15(19-14-7-8-18-10-14)12-3-5-13(16)6-4-12/h3-6,11,14-15,17H,7-10H2,1-2H3. The van der Waals surface area contributed by atoms with Crippen LogP contribution in [0.1, 0.15) is 31.9 Å². The van der Waals surface area contributed by atoms with E-state index in [9.17, 15) is 0 Å². The molecule has 0 radical (unpaired) electrons. The van der Waals surface area contributed by atoms with Gasteiger partial charge in [0, 0.05) is 24.2 Å². The lowest BCUT2D eigenvalue weighted by molar-refractivity contribution is -0.0172. The molecule has 0 aliphatic carbocycles. The number of hydrogen-bond donors (Lipinski definition) is 1. The van der Waals surface area contributed by atoms with Crippen LogP contribution in [0, 0.1) is 0 Å². The van der Waals surface area contributed by atoms with Crippen LogP contribution in [-0.4, -0.2) is 31.9 Å². The Morgan fingerprint density at radius 2 is 2.11 bits per heavy atom. The first kappa shape index (κ1) is 14.8. The molecule has 1 saturated heterocycles. The van der Waals surface area contributed by atoms with E-state index in [1.807, 2.05) is 24.3 Å². The van der Waals surface area contributed by atoms with Crippen LogP contribution in [0.5, 0.6) is 0 Å². The Balaban J connectivity index is 2.01. The van der Waals surface area contributed by atoms with Gasteiger partial charge in [-0.1, -0.05) is 37.6 Å². The molecule has 4 heteroatoms. The maximum Gasteiger partial charge on any atom is 0.0954 e. The van der Waals surface area contributed by atoms with E-state index < -0.39 is 0 Å². The predicted octanol–water partition coefficient (Wildman–Crippen LogP) is 3.18. The Bertz CT molecular complexity index is 374. The van der Waals surface area contributed by atoms with Crippen molar-refractivity contribution in [3.05, 3.63) is 34.9 Å². The summed E-state index contributed by atoms with van der Waals surface area (Å²) in [5.41, 5.74) is 1.16. The van der Waals surface area contributed by atoms with E-state index >= 15 is 0 Å². The van der Waals surface area contributed by atoms with Gasteiger partial charge in [-0.3, -0.25) is 0 Å². The number of benzene rings is 1. The first-order valence-electron chi connectivity index (χ1n) is 6.87. The van der Waals surface area contributed by atoms with Crippen molar-refractivity contribution in [3.63, 3.8) is 0 Å². The zero-order valence-electron chi connectivity index (χ0n) is 11.6. The normalized spacial score (nSPS) is 20.9. The SMILES string of the molecule is CC(C)NCC(OC1CCOC1)c1ccc(Cl)cc1. The molecule has 1 aliphatic rings. The van der Waals surface area contributed by atoms with Crippen molar-refractivity contribution in [2.24, 2.45) is 0 Å². The molecule has 0 bridgehead atoms. The average molecular weight is 284 g/mol. The highest BCUT2D eigenvalue weighted by molar-refractivity contribution is 6.30. The zero-order chi connectivity index (χ0) is 13.7. The third kappa shape index (κ3) is 4.77. The zero-order valence-corrected chi connectivity index (χ0v) is 12.3. The molecule has 1 N–H and O–H groups in total. The summed E-state index contributed by atoms with van der Waals surface area (Å²) in [5.74, 6) is 0. The summed E-state index contributed by atoms with van der Waals surface area (Å²) in [6, 6.07) is 8.33. The van der Waals surface area contributed by atoms with Crippen molar-refractivity contribution in [2.45, 2.75) is 38.5 Å². The van der Waals surface area contributed by atoms with Gasteiger partial charge in [-0.2, -0.15) is 0 Å². The highest BCUT2D eigenvalue weighted by Gasteiger charge is 2.22. The molecule has 2 atom stereocenters. The fourth-order valence-electron chi connectivity index (χ4n) is 2.12. The molecular weight excluding hydrogens is 262 g/mol. The van der Waals surface area contributed by atoms with Crippen LogP contribution in [-0.2, 0) is 9.47 Å². The maximum atomic E-state index is 6.16. The van der Waals surface area contributed by atoms with Crippen molar-refractivity contribution in [1.82, 2.24) is 5.32 Å². The van der Waals surface area contributed by atoms with Gasteiger partial charge in [-0.15, -0.1) is 0 Å². The molecule has 1 aliphatic heterocycles. The third-order valence-corrected chi connectivity index (χ3v) is 3.45. The number of halogens is 1. The molecule has 106 valence electrons. The summed E-state index contributed by atoms with van der Waals surface area (Å²) in [4.78, 5) is 0. The average Bonchev–Trinajstić information content (AvgIpc) is 2.88. The van der Waals surface area contributed by atoms with Crippen molar-refractivity contribution in [1.29, 1.82) is 0 Å². The second-order valence-corrected chi connectivity index (χ2v) is 5.66. The molecule has 0 saturated carbocycles. The molecule has 2 rings (SSSR count). The minimum Gasteiger partial charge on any atom is -0.379 e. The number of ether oxygens (including phenoxy) is 2. The number of rotatable bonds is 6. The summed E-state index contributed by atoms with van der Waals surface area (Å²) in [6.07, 6.45) is 1.23.